The van der Waals surface area contributed by atoms with Gasteiger partial charge in [-0.15, -0.1) is 0 Å². The molecule has 0 aliphatic carbocycles. The van der Waals surface area contributed by atoms with Crippen LogP contribution in [0.25, 0.3) is 0 Å². The molecule has 1 amide bonds. The summed E-state index contributed by atoms with van der Waals surface area (Å²) in [5.41, 5.74) is 3.72. The van der Waals surface area contributed by atoms with Gasteiger partial charge in [0.25, 0.3) is 5.91 Å². The first-order chi connectivity index (χ1) is 11.2. The fraction of sp³-hybridized carbons (Fsp3) is 0.176. The number of rotatable bonds is 5. The summed E-state index contributed by atoms with van der Waals surface area (Å²) in [6, 6.07) is 14.5. The Morgan fingerprint density at radius 3 is 2.83 bits per heavy atom. The minimum atomic E-state index is -0.342. The van der Waals surface area contributed by atoms with Crippen LogP contribution in [0.2, 0.25) is 5.02 Å². The molecule has 6 heteroatoms. The maximum absolute atomic E-state index is 12.0. The van der Waals surface area contributed by atoms with E-state index >= 15 is 0 Å². The summed E-state index contributed by atoms with van der Waals surface area (Å²) in [6.07, 6.45) is 1.88. The number of thioether (sulfide) groups is 1. The van der Waals surface area contributed by atoms with Crippen molar-refractivity contribution >= 4 is 35.5 Å². The van der Waals surface area contributed by atoms with E-state index in [-0.39, 0.29) is 5.91 Å². The standard InChI is InChI=1S/C17H15ClN2O2S/c18-16-7-2-1-6-15(16)17(21)20-19-9-12-4-3-5-13(8-12)22-14-10-23-11-14/h1-9,14H,10-11H2,(H,20,21)/b19-9-. The van der Waals surface area contributed by atoms with Gasteiger partial charge in [0, 0.05) is 11.5 Å². The molecule has 0 spiro atoms. The fourth-order valence-electron chi connectivity index (χ4n) is 2.01. The van der Waals surface area contributed by atoms with E-state index in [0.717, 1.165) is 22.8 Å². The van der Waals surface area contributed by atoms with Gasteiger partial charge in [-0.3, -0.25) is 4.79 Å². The average molecular weight is 347 g/mol. The summed E-state index contributed by atoms with van der Waals surface area (Å²) < 4.78 is 5.82. The zero-order valence-corrected chi connectivity index (χ0v) is 13.8. The minimum absolute atomic E-state index is 0.298. The first-order valence-electron chi connectivity index (χ1n) is 7.15. The molecule has 1 N–H and O–H groups in total. The Bertz CT molecular complexity index is 732. The third-order valence-corrected chi connectivity index (χ3v) is 4.81. The fourth-order valence-corrected chi connectivity index (χ4v) is 2.80. The van der Waals surface area contributed by atoms with Crippen molar-refractivity contribution in [1.82, 2.24) is 5.43 Å². The van der Waals surface area contributed by atoms with Crippen molar-refractivity contribution in [3.05, 3.63) is 64.7 Å². The highest BCUT2D eigenvalue weighted by atomic mass is 35.5. The molecule has 1 fully saturated rings. The summed E-state index contributed by atoms with van der Waals surface area (Å²) in [7, 11) is 0. The number of halogens is 1. The molecule has 23 heavy (non-hydrogen) atoms. The van der Waals surface area contributed by atoms with E-state index in [2.05, 4.69) is 10.5 Å². The summed E-state index contributed by atoms with van der Waals surface area (Å²) in [4.78, 5) is 12.0. The molecule has 1 saturated heterocycles. The second-order valence-electron chi connectivity index (χ2n) is 5.03. The second kappa shape index (κ2) is 7.53. The Morgan fingerprint density at radius 2 is 2.09 bits per heavy atom. The molecule has 0 radical (unpaired) electrons. The molecular weight excluding hydrogens is 332 g/mol. The number of ether oxygens (including phenoxy) is 1. The van der Waals surface area contributed by atoms with Crippen LogP contribution in [0.3, 0.4) is 0 Å². The maximum Gasteiger partial charge on any atom is 0.272 e. The molecule has 0 atom stereocenters. The molecular formula is C17H15ClN2O2S. The number of nitrogens with zero attached hydrogens (tertiary/aromatic N) is 1. The molecule has 0 bridgehead atoms. The molecule has 2 aromatic rings. The van der Waals surface area contributed by atoms with Gasteiger partial charge in [-0.2, -0.15) is 16.9 Å². The lowest BCUT2D eigenvalue weighted by Gasteiger charge is -2.25. The van der Waals surface area contributed by atoms with E-state index in [1.165, 1.54) is 0 Å². The van der Waals surface area contributed by atoms with Crippen molar-refractivity contribution in [2.75, 3.05) is 11.5 Å². The van der Waals surface area contributed by atoms with Gasteiger partial charge in [0.2, 0.25) is 0 Å². The summed E-state index contributed by atoms with van der Waals surface area (Å²) in [6.45, 7) is 0. The number of benzene rings is 2. The van der Waals surface area contributed by atoms with Crippen molar-refractivity contribution in [1.29, 1.82) is 0 Å². The number of hydrogen-bond acceptors (Lipinski definition) is 4. The second-order valence-corrected chi connectivity index (χ2v) is 6.51. The molecule has 1 heterocycles. The summed E-state index contributed by atoms with van der Waals surface area (Å²) >= 11 is 7.85. The van der Waals surface area contributed by atoms with Gasteiger partial charge in [0.1, 0.15) is 11.9 Å². The number of hydrogen-bond donors (Lipinski definition) is 1. The smallest absolute Gasteiger partial charge is 0.272 e. The van der Waals surface area contributed by atoms with Crippen LogP contribution in [0.15, 0.2) is 53.6 Å². The number of carbonyl (C=O) groups excluding carboxylic acids is 1. The number of nitrogens with one attached hydrogen (secondary N) is 1. The van der Waals surface area contributed by atoms with E-state index < -0.39 is 0 Å². The lowest BCUT2D eigenvalue weighted by atomic mass is 10.2. The SMILES string of the molecule is O=C(N/N=C\c1cccc(OC2CSC2)c1)c1ccccc1Cl. The highest BCUT2D eigenvalue weighted by molar-refractivity contribution is 8.00. The van der Waals surface area contributed by atoms with Gasteiger partial charge in [-0.25, -0.2) is 5.43 Å². The minimum Gasteiger partial charge on any atom is -0.489 e. The number of hydrazone groups is 1. The summed E-state index contributed by atoms with van der Waals surface area (Å²) in [5.74, 6) is 2.54. The van der Waals surface area contributed by atoms with Gasteiger partial charge in [-0.1, -0.05) is 35.9 Å². The zero-order chi connectivity index (χ0) is 16.1. The topological polar surface area (TPSA) is 50.7 Å². The maximum atomic E-state index is 12.0. The number of carbonyl (C=O) groups is 1. The molecule has 2 aromatic carbocycles. The van der Waals surface area contributed by atoms with Crippen LogP contribution in [0.1, 0.15) is 15.9 Å². The Kier molecular flexibility index (Phi) is 5.20. The van der Waals surface area contributed by atoms with Crippen LogP contribution in [-0.2, 0) is 0 Å². The predicted molar refractivity (Wildman–Crippen MR) is 94.7 cm³/mol. The van der Waals surface area contributed by atoms with Crippen LogP contribution in [0.4, 0.5) is 0 Å². The van der Waals surface area contributed by atoms with Gasteiger partial charge in [-0.05, 0) is 29.8 Å². The Hall–Kier alpha value is -1.98. The normalized spacial score (nSPS) is 14.5. The molecule has 1 aliphatic rings. The largest absolute Gasteiger partial charge is 0.489 e. The van der Waals surface area contributed by atoms with E-state index in [0.29, 0.717) is 16.7 Å². The van der Waals surface area contributed by atoms with Gasteiger partial charge in [0.15, 0.2) is 0 Å². The van der Waals surface area contributed by atoms with Gasteiger partial charge >= 0.3 is 0 Å². The molecule has 1 aliphatic heterocycles. The lowest BCUT2D eigenvalue weighted by molar-refractivity contribution is 0.0955. The van der Waals surface area contributed by atoms with Crippen molar-refractivity contribution in [2.24, 2.45) is 5.10 Å². The first-order valence-corrected chi connectivity index (χ1v) is 8.68. The molecule has 0 saturated carbocycles. The lowest BCUT2D eigenvalue weighted by Crippen LogP contribution is -2.31. The van der Waals surface area contributed by atoms with Crippen molar-refractivity contribution in [2.45, 2.75) is 6.10 Å². The van der Waals surface area contributed by atoms with Gasteiger partial charge < -0.3 is 4.74 Å². The Morgan fingerprint density at radius 1 is 1.26 bits per heavy atom. The van der Waals surface area contributed by atoms with Crippen LogP contribution >= 0.6 is 23.4 Å². The van der Waals surface area contributed by atoms with Crippen LogP contribution in [0, 0.1) is 0 Å². The zero-order valence-electron chi connectivity index (χ0n) is 12.2. The van der Waals surface area contributed by atoms with Crippen LogP contribution in [0.5, 0.6) is 5.75 Å². The monoisotopic (exact) mass is 346 g/mol. The van der Waals surface area contributed by atoms with Crippen molar-refractivity contribution < 1.29 is 9.53 Å². The van der Waals surface area contributed by atoms with Gasteiger partial charge in [0.05, 0.1) is 16.8 Å². The van der Waals surface area contributed by atoms with E-state index in [1.54, 1.807) is 30.5 Å². The van der Waals surface area contributed by atoms with Crippen LogP contribution < -0.4 is 10.2 Å². The first kappa shape index (κ1) is 15.9. The Labute approximate surface area is 143 Å². The highest BCUT2D eigenvalue weighted by Crippen LogP contribution is 2.24. The average Bonchev–Trinajstić information content (AvgIpc) is 2.52. The Balaban J connectivity index is 1.60. The third-order valence-electron chi connectivity index (χ3n) is 3.27. The van der Waals surface area contributed by atoms with E-state index in [1.807, 2.05) is 36.0 Å². The molecule has 118 valence electrons. The highest BCUT2D eigenvalue weighted by Gasteiger charge is 2.19. The van der Waals surface area contributed by atoms with Crippen LogP contribution in [-0.4, -0.2) is 29.7 Å². The molecule has 3 rings (SSSR count). The quantitative estimate of drug-likeness (QED) is 0.664. The predicted octanol–water partition coefficient (Wildman–Crippen LogP) is 3.60. The van der Waals surface area contributed by atoms with Crippen molar-refractivity contribution in [3.63, 3.8) is 0 Å². The summed E-state index contributed by atoms with van der Waals surface area (Å²) in [5, 5.41) is 4.37. The van der Waals surface area contributed by atoms with E-state index in [9.17, 15) is 4.79 Å². The van der Waals surface area contributed by atoms with Crippen molar-refractivity contribution in [3.8, 4) is 5.75 Å². The molecule has 0 unspecified atom stereocenters. The van der Waals surface area contributed by atoms with E-state index in [4.69, 9.17) is 16.3 Å². The third kappa shape index (κ3) is 4.27. The molecule has 0 aromatic heterocycles. The molecule has 4 nitrogen and oxygen atoms in total. The number of amides is 1.